The van der Waals surface area contributed by atoms with Gasteiger partial charge in [0.15, 0.2) is 0 Å². The van der Waals surface area contributed by atoms with Gasteiger partial charge in [-0.1, -0.05) is 18.2 Å². The van der Waals surface area contributed by atoms with E-state index in [-0.39, 0.29) is 0 Å². The minimum Gasteiger partial charge on any atom is -0.344 e. The van der Waals surface area contributed by atoms with Crippen LogP contribution in [0.25, 0.3) is 10.9 Å². The van der Waals surface area contributed by atoms with Crippen molar-refractivity contribution in [3.8, 4) is 0 Å². The first-order valence-corrected chi connectivity index (χ1v) is 5.44. The van der Waals surface area contributed by atoms with Crippen molar-refractivity contribution < 1.29 is 0 Å². The zero-order valence-electron chi connectivity index (χ0n) is 9.62. The smallest absolute Gasteiger partial charge is 0.0530 e. The van der Waals surface area contributed by atoms with Crippen molar-refractivity contribution in [2.75, 3.05) is 0 Å². The Hall–Kier alpha value is -1.28. The Bertz CT molecular complexity index is 480. The van der Waals surface area contributed by atoms with Gasteiger partial charge in [0.1, 0.15) is 0 Å². The monoisotopic (exact) mass is 202 g/mol. The molecule has 2 nitrogen and oxygen atoms in total. The lowest BCUT2D eigenvalue weighted by atomic mass is 10.1. The molecule has 0 fully saturated rings. The maximum absolute atomic E-state index is 5.78. The SMILES string of the molecule is Cc1cn(C(C)C)c2c(CN)cccc12. The fourth-order valence-corrected chi connectivity index (χ4v) is 2.13. The van der Waals surface area contributed by atoms with Crippen molar-refractivity contribution >= 4 is 10.9 Å². The summed E-state index contributed by atoms with van der Waals surface area (Å²) in [6.07, 6.45) is 2.22. The molecule has 2 N–H and O–H groups in total. The van der Waals surface area contributed by atoms with E-state index in [4.69, 9.17) is 5.73 Å². The molecule has 2 aromatic rings. The number of nitrogens with zero attached hydrogens (tertiary/aromatic N) is 1. The van der Waals surface area contributed by atoms with Gasteiger partial charge in [-0.25, -0.2) is 0 Å². The van der Waals surface area contributed by atoms with E-state index in [1.54, 1.807) is 0 Å². The maximum atomic E-state index is 5.78. The van der Waals surface area contributed by atoms with Gasteiger partial charge in [0.2, 0.25) is 0 Å². The van der Waals surface area contributed by atoms with Crippen LogP contribution in [0.4, 0.5) is 0 Å². The average Bonchev–Trinajstić information content (AvgIpc) is 2.56. The average molecular weight is 202 g/mol. The first-order chi connectivity index (χ1) is 7.15. The molecule has 0 saturated carbocycles. The number of fused-ring (bicyclic) bond motifs is 1. The van der Waals surface area contributed by atoms with Crippen LogP contribution in [0.3, 0.4) is 0 Å². The minimum atomic E-state index is 0.480. The summed E-state index contributed by atoms with van der Waals surface area (Å²) in [7, 11) is 0. The Balaban J connectivity index is 2.82. The van der Waals surface area contributed by atoms with Crippen LogP contribution < -0.4 is 5.73 Å². The first-order valence-electron chi connectivity index (χ1n) is 5.44. The number of benzene rings is 1. The summed E-state index contributed by atoms with van der Waals surface area (Å²) in [6, 6.07) is 6.85. The molecule has 1 aromatic heterocycles. The quantitative estimate of drug-likeness (QED) is 0.797. The van der Waals surface area contributed by atoms with E-state index in [2.05, 4.69) is 49.7 Å². The predicted octanol–water partition coefficient (Wildman–Crippen LogP) is 2.99. The highest BCUT2D eigenvalue weighted by Crippen LogP contribution is 2.26. The van der Waals surface area contributed by atoms with E-state index in [0.29, 0.717) is 12.6 Å². The molecule has 80 valence electrons. The third kappa shape index (κ3) is 1.55. The van der Waals surface area contributed by atoms with E-state index in [0.717, 1.165) is 0 Å². The molecule has 2 heteroatoms. The molecule has 15 heavy (non-hydrogen) atoms. The fourth-order valence-electron chi connectivity index (χ4n) is 2.13. The molecule has 0 aliphatic heterocycles. The lowest BCUT2D eigenvalue weighted by Gasteiger charge is -2.11. The number of hydrogen-bond donors (Lipinski definition) is 1. The topological polar surface area (TPSA) is 30.9 Å². The Morgan fingerprint density at radius 1 is 1.33 bits per heavy atom. The second-order valence-electron chi connectivity index (χ2n) is 4.33. The standard InChI is InChI=1S/C13H18N2/c1-9(2)15-8-10(3)12-6-4-5-11(7-14)13(12)15/h4-6,8-9H,7,14H2,1-3H3. The Labute approximate surface area is 90.7 Å². The molecule has 2 rings (SSSR count). The van der Waals surface area contributed by atoms with Gasteiger partial charge in [-0.2, -0.15) is 0 Å². The molecule has 0 atom stereocenters. The highest BCUT2D eigenvalue weighted by Gasteiger charge is 2.10. The summed E-state index contributed by atoms with van der Waals surface area (Å²) in [5.74, 6) is 0. The summed E-state index contributed by atoms with van der Waals surface area (Å²) < 4.78 is 2.31. The first kappa shape index (κ1) is 10.2. The summed E-state index contributed by atoms with van der Waals surface area (Å²) in [6.45, 7) is 7.16. The van der Waals surface area contributed by atoms with E-state index in [1.807, 2.05) is 0 Å². The number of para-hydroxylation sites is 1. The summed E-state index contributed by atoms with van der Waals surface area (Å²) in [5.41, 5.74) is 9.64. The third-order valence-electron chi connectivity index (χ3n) is 2.91. The maximum Gasteiger partial charge on any atom is 0.0530 e. The summed E-state index contributed by atoms with van der Waals surface area (Å²) in [4.78, 5) is 0. The number of aromatic nitrogens is 1. The van der Waals surface area contributed by atoms with E-state index >= 15 is 0 Å². The highest BCUT2D eigenvalue weighted by molar-refractivity contribution is 5.86. The molecule has 0 radical (unpaired) electrons. The van der Waals surface area contributed by atoms with Crippen molar-refractivity contribution in [2.45, 2.75) is 33.4 Å². The molecule has 1 heterocycles. The van der Waals surface area contributed by atoms with Gasteiger partial charge < -0.3 is 10.3 Å². The predicted molar refractivity (Wildman–Crippen MR) is 65.0 cm³/mol. The Kier molecular flexibility index (Phi) is 2.53. The summed E-state index contributed by atoms with van der Waals surface area (Å²) in [5, 5.41) is 1.33. The molecule has 0 unspecified atom stereocenters. The van der Waals surface area contributed by atoms with Crippen molar-refractivity contribution in [3.63, 3.8) is 0 Å². The van der Waals surface area contributed by atoms with Crippen LogP contribution in [0.5, 0.6) is 0 Å². The zero-order chi connectivity index (χ0) is 11.0. The van der Waals surface area contributed by atoms with E-state index in [1.165, 1.54) is 22.0 Å². The molecular weight excluding hydrogens is 184 g/mol. The van der Waals surface area contributed by atoms with Crippen LogP contribution in [0.2, 0.25) is 0 Å². The molecular formula is C13H18N2. The number of rotatable bonds is 2. The fraction of sp³-hybridized carbons (Fsp3) is 0.385. The van der Waals surface area contributed by atoms with Crippen LogP contribution in [0, 0.1) is 6.92 Å². The molecule has 0 bridgehead atoms. The van der Waals surface area contributed by atoms with Gasteiger partial charge >= 0.3 is 0 Å². The lowest BCUT2D eigenvalue weighted by molar-refractivity contribution is 0.620. The second kappa shape index (κ2) is 3.70. The molecule has 0 amide bonds. The molecule has 1 aromatic carbocycles. The van der Waals surface area contributed by atoms with Crippen LogP contribution in [-0.4, -0.2) is 4.57 Å². The lowest BCUT2D eigenvalue weighted by Crippen LogP contribution is -2.03. The van der Waals surface area contributed by atoms with Gasteiger partial charge in [-0.05, 0) is 31.9 Å². The van der Waals surface area contributed by atoms with Crippen LogP contribution >= 0.6 is 0 Å². The minimum absolute atomic E-state index is 0.480. The Morgan fingerprint density at radius 2 is 2.07 bits per heavy atom. The number of hydrogen-bond acceptors (Lipinski definition) is 1. The molecule has 0 aliphatic rings. The van der Waals surface area contributed by atoms with Gasteiger partial charge in [-0.15, -0.1) is 0 Å². The summed E-state index contributed by atoms with van der Waals surface area (Å²) >= 11 is 0. The number of nitrogens with two attached hydrogens (primary N) is 1. The third-order valence-corrected chi connectivity index (χ3v) is 2.91. The van der Waals surface area contributed by atoms with Crippen molar-refractivity contribution in [1.29, 1.82) is 0 Å². The van der Waals surface area contributed by atoms with Crippen LogP contribution in [-0.2, 0) is 6.54 Å². The molecule has 0 spiro atoms. The van der Waals surface area contributed by atoms with E-state index in [9.17, 15) is 0 Å². The highest BCUT2D eigenvalue weighted by atomic mass is 15.0. The zero-order valence-corrected chi connectivity index (χ0v) is 9.62. The number of aryl methyl sites for hydroxylation is 1. The molecule has 0 saturated heterocycles. The van der Waals surface area contributed by atoms with Crippen molar-refractivity contribution in [3.05, 3.63) is 35.5 Å². The van der Waals surface area contributed by atoms with Crippen LogP contribution in [0.15, 0.2) is 24.4 Å². The molecule has 0 aliphatic carbocycles. The van der Waals surface area contributed by atoms with Crippen molar-refractivity contribution in [1.82, 2.24) is 4.57 Å². The van der Waals surface area contributed by atoms with Gasteiger partial charge in [0.05, 0.1) is 5.52 Å². The van der Waals surface area contributed by atoms with Gasteiger partial charge in [-0.3, -0.25) is 0 Å². The van der Waals surface area contributed by atoms with Crippen LogP contribution in [0.1, 0.15) is 31.0 Å². The van der Waals surface area contributed by atoms with Gasteiger partial charge in [0.25, 0.3) is 0 Å². The van der Waals surface area contributed by atoms with Crippen molar-refractivity contribution in [2.24, 2.45) is 5.73 Å². The normalized spacial score (nSPS) is 11.5. The van der Waals surface area contributed by atoms with E-state index < -0.39 is 0 Å². The largest absolute Gasteiger partial charge is 0.344 e. The Morgan fingerprint density at radius 3 is 2.67 bits per heavy atom. The van der Waals surface area contributed by atoms with Gasteiger partial charge in [0, 0.05) is 24.2 Å². The second-order valence-corrected chi connectivity index (χ2v) is 4.33.